The monoisotopic (exact) mass is 270 g/mol. The maximum atomic E-state index is 9.05. The van der Waals surface area contributed by atoms with Gasteiger partial charge in [-0.1, -0.05) is 23.4 Å². The Labute approximate surface area is 118 Å². The van der Waals surface area contributed by atoms with Crippen molar-refractivity contribution in [3.05, 3.63) is 41.7 Å². The van der Waals surface area contributed by atoms with Crippen LogP contribution in [0.15, 0.2) is 30.3 Å². The van der Waals surface area contributed by atoms with Gasteiger partial charge in [0.25, 0.3) is 0 Å². The molecule has 2 aromatic rings. The third-order valence-electron chi connectivity index (χ3n) is 2.96. The van der Waals surface area contributed by atoms with Gasteiger partial charge in [-0.2, -0.15) is 5.26 Å². The van der Waals surface area contributed by atoms with Crippen LogP contribution in [0.3, 0.4) is 0 Å². The van der Waals surface area contributed by atoms with Gasteiger partial charge in [0.05, 0.1) is 12.3 Å². The number of hydrogen-bond donors (Lipinski definition) is 0. The van der Waals surface area contributed by atoms with Crippen molar-refractivity contribution in [1.29, 1.82) is 5.26 Å². The summed E-state index contributed by atoms with van der Waals surface area (Å²) in [5.41, 5.74) is 1.30. The van der Waals surface area contributed by atoms with Crippen LogP contribution in [-0.4, -0.2) is 21.6 Å². The maximum Gasteiger partial charge on any atom is 0.185 e. The zero-order valence-corrected chi connectivity index (χ0v) is 11.8. The van der Waals surface area contributed by atoms with Crippen LogP contribution >= 0.6 is 0 Å². The van der Waals surface area contributed by atoms with Crippen LogP contribution in [0.25, 0.3) is 0 Å². The third-order valence-corrected chi connectivity index (χ3v) is 2.96. The van der Waals surface area contributed by atoms with Gasteiger partial charge in [-0.3, -0.25) is 0 Å². The molecule has 0 radical (unpaired) electrons. The second-order valence-electron chi connectivity index (χ2n) is 4.80. The molecule has 0 atom stereocenters. The largest absolute Gasteiger partial charge is 0.494 e. The minimum Gasteiger partial charge on any atom is -0.494 e. The van der Waals surface area contributed by atoms with Crippen LogP contribution in [0, 0.1) is 11.3 Å². The first-order chi connectivity index (χ1) is 9.72. The molecule has 0 aliphatic heterocycles. The molecule has 1 aromatic heterocycles. The summed E-state index contributed by atoms with van der Waals surface area (Å²) in [4.78, 5) is 0. The third kappa shape index (κ3) is 3.35. The van der Waals surface area contributed by atoms with Gasteiger partial charge in [-0.25, -0.2) is 4.68 Å². The number of nitrogens with zero attached hydrogens (tertiary/aromatic N) is 4. The lowest BCUT2D eigenvalue weighted by atomic mass is 10.2. The van der Waals surface area contributed by atoms with E-state index in [1.165, 1.54) is 0 Å². The molecular weight excluding hydrogens is 252 g/mol. The molecule has 0 amide bonds. The van der Waals surface area contributed by atoms with Gasteiger partial charge in [0.2, 0.25) is 0 Å². The predicted octanol–water partition coefficient (Wildman–Crippen LogP) is 2.74. The highest BCUT2D eigenvalue weighted by Gasteiger charge is 2.14. The maximum absolute atomic E-state index is 9.05. The van der Waals surface area contributed by atoms with Crippen molar-refractivity contribution in [2.75, 3.05) is 6.61 Å². The van der Waals surface area contributed by atoms with E-state index >= 15 is 0 Å². The fraction of sp³-hybridized carbons (Fsp3) is 0.400. The molecule has 1 heterocycles. The molecule has 0 aliphatic rings. The van der Waals surface area contributed by atoms with Crippen molar-refractivity contribution < 1.29 is 4.74 Å². The first-order valence-electron chi connectivity index (χ1n) is 6.74. The van der Waals surface area contributed by atoms with E-state index in [1.807, 2.05) is 44.2 Å². The summed E-state index contributed by atoms with van der Waals surface area (Å²) >= 11 is 0. The summed E-state index contributed by atoms with van der Waals surface area (Å²) in [6.07, 6.45) is 1.56. The van der Waals surface area contributed by atoms with E-state index in [2.05, 4.69) is 16.4 Å². The summed E-state index contributed by atoms with van der Waals surface area (Å²) < 4.78 is 7.45. The fourth-order valence-electron chi connectivity index (χ4n) is 1.99. The lowest BCUT2D eigenvalue weighted by molar-refractivity contribution is 0.308. The molecule has 0 saturated heterocycles. The molecule has 0 aliphatic carbocycles. The number of hydrogen-bond acceptors (Lipinski definition) is 4. The van der Waals surface area contributed by atoms with E-state index in [0.717, 1.165) is 24.3 Å². The lowest BCUT2D eigenvalue weighted by Crippen LogP contribution is -2.10. The Morgan fingerprint density at radius 1 is 1.30 bits per heavy atom. The molecule has 2 rings (SSSR count). The van der Waals surface area contributed by atoms with E-state index in [-0.39, 0.29) is 6.04 Å². The summed E-state index contributed by atoms with van der Waals surface area (Å²) in [5.74, 6) is 0.864. The summed E-state index contributed by atoms with van der Waals surface area (Å²) in [6, 6.07) is 12.0. The highest BCUT2D eigenvalue weighted by atomic mass is 16.5. The van der Waals surface area contributed by atoms with Crippen LogP contribution in [0.5, 0.6) is 5.75 Å². The van der Waals surface area contributed by atoms with E-state index in [9.17, 15) is 0 Å². The number of nitriles is 1. The standard InChI is InChI=1S/C15H18N4O/c1-12(2)19-15(14(11-16)17-18-19)9-6-10-20-13-7-4-3-5-8-13/h3-5,7-8,12H,6,9-10H2,1-2H3. The SMILES string of the molecule is CC(C)n1nnc(C#N)c1CCCOc1ccccc1. The van der Waals surface area contributed by atoms with Gasteiger partial charge in [-0.15, -0.1) is 5.10 Å². The second kappa shape index (κ2) is 6.71. The lowest BCUT2D eigenvalue weighted by Gasteiger charge is -2.10. The van der Waals surface area contributed by atoms with Crippen LogP contribution < -0.4 is 4.74 Å². The molecule has 0 saturated carbocycles. The minimum absolute atomic E-state index is 0.203. The number of ether oxygens (including phenoxy) is 1. The summed E-state index contributed by atoms with van der Waals surface area (Å²) in [7, 11) is 0. The summed E-state index contributed by atoms with van der Waals surface area (Å²) in [6.45, 7) is 4.66. The first-order valence-corrected chi connectivity index (χ1v) is 6.74. The van der Waals surface area contributed by atoms with Crippen molar-refractivity contribution in [3.8, 4) is 11.8 Å². The Bertz CT molecular complexity index is 584. The zero-order valence-electron chi connectivity index (χ0n) is 11.8. The van der Waals surface area contributed by atoms with Crippen LogP contribution in [0.2, 0.25) is 0 Å². The van der Waals surface area contributed by atoms with Gasteiger partial charge < -0.3 is 4.74 Å². The highest BCUT2D eigenvalue weighted by molar-refractivity contribution is 5.25. The average Bonchev–Trinajstić information content (AvgIpc) is 2.88. The average molecular weight is 270 g/mol. The molecule has 0 fully saturated rings. The zero-order chi connectivity index (χ0) is 14.4. The smallest absolute Gasteiger partial charge is 0.185 e. The van der Waals surface area contributed by atoms with Crippen molar-refractivity contribution in [1.82, 2.24) is 15.0 Å². The van der Waals surface area contributed by atoms with E-state index in [1.54, 1.807) is 4.68 Å². The Morgan fingerprint density at radius 2 is 2.05 bits per heavy atom. The normalized spacial score (nSPS) is 10.5. The van der Waals surface area contributed by atoms with E-state index in [0.29, 0.717) is 12.3 Å². The van der Waals surface area contributed by atoms with Crippen LogP contribution in [-0.2, 0) is 6.42 Å². The van der Waals surface area contributed by atoms with Gasteiger partial charge in [-0.05, 0) is 38.8 Å². The molecule has 20 heavy (non-hydrogen) atoms. The van der Waals surface area contributed by atoms with E-state index in [4.69, 9.17) is 10.00 Å². The van der Waals surface area contributed by atoms with Gasteiger partial charge >= 0.3 is 0 Å². The molecule has 0 N–H and O–H groups in total. The highest BCUT2D eigenvalue weighted by Crippen LogP contribution is 2.14. The van der Waals surface area contributed by atoms with Crippen LogP contribution in [0.4, 0.5) is 0 Å². The van der Waals surface area contributed by atoms with Crippen LogP contribution in [0.1, 0.15) is 37.7 Å². The predicted molar refractivity (Wildman–Crippen MR) is 75.4 cm³/mol. The Hall–Kier alpha value is -2.35. The quantitative estimate of drug-likeness (QED) is 0.757. The summed E-state index contributed by atoms with van der Waals surface area (Å²) in [5, 5.41) is 17.0. The molecule has 0 unspecified atom stereocenters. The first kappa shape index (κ1) is 14.1. The van der Waals surface area contributed by atoms with Gasteiger partial charge in [0.1, 0.15) is 11.8 Å². The molecule has 104 valence electrons. The Kier molecular flexibility index (Phi) is 4.72. The van der Waals surface area contributed by atoms with Crippen molar-refractivity contribution in [2.45, 2.75) is 32.7 Å². The van der Waals surface area contributed by atoms with Crippen molar-refractivity contribution >= 4 is 0 Å². The molecule has 5 nitrogen and oxygen atoms in total. The van der Waals surface area contributed by atoms with E-state index < -0.39 is 0 Å². The molecule has 0 spiro atoms. The second-order valence-corrected chi connectivity index (χ2v) is 4.80. The fourth-order valence-corrected chi connectivity index (χ4v) is 1.99. The van der Waals surface area contributed by atoms with Gasteiger partial charge in [0.15, 0.2) is 5.69 Å². The topological polar surface area (TPSA) is 63.7 Å². The van der Waals surface area contributed by atoms with Gasteiger partial charge in [0, 0.05) is 6.04 Å². The number of benzene rings is 1. The number of aromatic nitrogens is 3. The van der Waals surface area contributed by atoms with Crippen molar-refractivity contribution in [3.63, 3.8) is 0 Å². The number of para-hydroxylation sites is 1. The minimum atomic E-state index is 0.203. The molecule has 5 heteroatoms. The Morgan fingerprint density at radius 3 is 2.70 bits per heavy atom. The van der Waals surface area contributed by atoms with Crippen molar-refractivity contribution in [2.24, 2.45) is 0 Å². The Balaban J connectivity index is 1.91. The molecule has 1 aromatic carbocycles. The number of rotatable bonds is 6. The molecule has 0 bridgehead atoms. The molecular formula is C15H18N4O.